The lowest BCUT2D eigenvalue weighted by molar-refractivity contribution is -0.129. The highest BCUT2D eigenvalue weighted by atomic mass is 16.2. The minimum atomic E-state index is -0.233. The van der Waals surface area contributed by atoms with Crippen molar-refractivity contribution < 1.29 is 9.59 Å². The Bertz CT molecular complexity index is 1430. The van der Waals surface area contributed by atoms with Crippen LogP contribution in [-0.4, -0.2) is 66.4 Å². The Morgan fingerprint density at radius 1 is 1.10 bits per heavy atom. The minimum Gasteiger partial charge on any atom is -0.374 e. The van der Waals surface area contributed by atoms with E-state index in [1.807, 2.05) is 55.4 Å². The van der Waals surface area contributed by atoms with Crippen LogP contribution in [0.2, 0.25) is 0 Å². The molecule has 2 heterocycles. The maximum absolute atomic E-state index is 13.0. The molecule has 8 heteroatoms. The molecule has 1 aliphatic rings. The van der Waals surface area contributed by atoms with Crippen molar-refractivity contribution in [1.29, 1.82) is 0 Å². The van der Waals surface area contributed by atoms with E-state index in [1.54, 1.807) is 29.3 Å². The first kappa shape index (κ1) is 27.9. The fourth-order valence-corrected chi connectivity index (χ4v) is 4.64. The number of nitrogens with one attached hydrogen (secondary N) is 3. The van der Waals surface area contributed by atoms with Crippen LogP contribution in [0.3, 0.4) is 0 Å². The van der Waals surface area contributed by atoms with Crippen LogP contribution in [0.1, 0.15) is 41.3 Å². The molecule has 0 atom stereocenters. The zero-order valence-corrected chi connectivity index (χ0v) is 23.2. The number of hydrogen-bond acceptors (Lipinski definition) is 5. The maximum Gasteiger partial charge on any atom is 0.271 e. The van der Waals surface area contributed by atoms with Gasteiger partial charge in [0.15, 0.2) is 0 Å². The summed E-state index contributed by atoms with van der Waals surface area (Å²) in [6, 6.07) is 15.1. The average Bonchev–Trinajstić information content (AvgIpc) is 2.86. The van der Waals surface area contributed by atoms with Crippen LogP contribution in [0, 0.1) is 6.92 Å². The van der Waals surface area contributed by atoms with Crippen LogP contribution < -0.4 is 16.2 Å². The number of rotatable bonds is 9. The molecule has 1 saturated heterocycles. The van der Waals surface area contributed by atoms with E-state index in [4.69, 9.17) is 0 Å². The summed E-state index contributed by atoms with van der Waals surface area (Å²) in [6.45, 7) is 8.12. The van der Waals surface area contributed by atoms with E-state index in [9.17, 15) is 14.4 Å². The third kappa shape index (κ3) is 7.03. The first-order valence-electron chi connectivity index (χ1n) is 13.2. The highest BCUT2D eigenvalue weighted by Gasteiger charge is 2.29. The number of H-pyrrole nitrogens is 1. The molecule has 3 N–H and O–H groups in total. The second-order valence-corrected chi connectivity index (χ2v) is 10.6. The van der Waals surface area contributed by atoms with E-state index in [-0.39, 0.29) is 23.4 Å². The van der Waals surface area contributed by atoms with E-state index < -0.39 is 0 Å². The van der Waals surface area contributed by atoms with Gasteiger partial charge in [0.2, 0.25) is 5.91 Å². The van der Waals surface area contributed by atoms with Crippen LogP contribution in [-0.2, 0) is 4.79 Å². The Kier molecular flexibility index (Phi) is 8.66. The summed E-state index contributed by atoms with van der Waals surface area (Å²) in [6.07, 6.45) is 5.08. The molecule has 8 nitrogen and oxygen atoms in total. The molecule has 1 aliphatic heterocycles. The number of likely N-dealkylation sites (tertiary alicyclic amines) is 1. The van der Waals surface area contributed by atoms with Gasteiger partial charge in [-0.05, 0) is 74.0 Å². The quantitative estimate of drug-likeness (QED) is 0.357. The van der Waals surface area contributed by atoms with E-state index in [1.165, 1.54) is 5.56 Å². The number of benzene rings is 2. The van der Waals surface area contributed by atoms with E-state index >= 15 is 0 Å². The highest BCUT2D eigenvalue weighted by molar-refractivity contribution is 6.05. The molecule has 0 unspecified atom stereocenters. The van der Waals surface area contributed by atoms with Gasteiger partial charge in [-0.25, -0.2) is 0 Å². The monoisotopic (exact) mass is 527 g/mol. The normalized spacial score (nSPS) is 13.7. The number of anilines is 2. The molecular weight excluding hydrogens is 490 g/mol. The minimum absolute atomic E-state index is 0.00444. The number of amides is 2. The Morgan fingerprint density at radius 3 is 2.56 bits per heavy atom. The molecule has 1 fully saturated rings. The summed E-state index contributed by atoms with van der Waals surface area (Å²) >= 11 is 0. The molecule has 0 aliphatic carbocycles. The molecule has 4 rings (SSSR count). The summed E-state index contributed by atoms with van der Waals surface area (Å²) in [4.78, 5) is 44.3. The summed E-state index contributed by atoms with van der Waals surface area (Å²) in [5.74, 6) is 0.193. The van der Waals surface area contributed by atoms with Crippen molar-refractivity contribution in [2.45, 2.75) is 32.7 Å². The highest BCUT2D eigenvalue weighted by Crippen LogP contribution is 2.25. The molecule has 1 aromatic heterocycles. The van der Waals surface area contributed by atoms with Gasteiger partial charge < -0.3 is 25.4 Å². The molecule has 2 aromatic carbocycles. The number of nitrogens with zero attached hydrogens (tertiary/aromatic N) is 2. The van der Waals surface area contributed by atoms with Gasteiger partial charge >= 0.3 is 0 Å². The summed E-state index contributed by atoms with van der Waals surface area (Å²) < 4.78 is 0. The number of aromatic amines is 1. The van der Waals surface area contributed by atoms with Gasteiger partial charge in [0.25, 0.3) is 11.5 Å². The molecule has 0 spiro atoms. The number of hydrogen-bond donors (Lipinski definition) is 3. The fraction of sp³-hybridized carbons (Fsp3) is 0.323. The van der Waals surface area contributed by atoms with Gasteiger partial charge in [0.05, 0.1) is 6.04 Å². The summed E-state index contributed by atoms with van der Waals surface area (Å²) in [5, 5.41) is 6.24. The first-order chi connectivity index (χ1) is 18.6. The standard InChI is InChI=1S/C31H37N5O3/c1-20(2)27-12-11-25(14-21(27)3)34-30(38)23-9-6-8-22(15-23)24-16-28(31(39)32-17-24)33-26-18-36(19-26)29(37)10-7-13-35(4)5/h6-12,14-17,20,26,33H,13,18-19H2,1-5H3,(H,32,39)(H,34,38)/b10-7+. The molecule has 0 radical (unpaired) electrons. The Morgan fingerprint density at radius 2 is 1.87 bits per heavy atom. The van der Waals surface area contributed by atoms with Crippen LogP contribution in [0.5, 0.6) is 0 Å². The Labute approximate surface area is 229 Å². The van der Waals surface area contributed by atoms with Crippen molar-refractivity contribution in [2.75, 3.05) is 44.4 Å². The van der Waals surface area contributed by atoms with Gasteiger partial charge in [-0.15, -0.1) is 0 Å². The van der Waals surface area contributed by atoms with Crippen molar-refractivity contribution in [3.05, 3.63) is 93.9 Å². The van der Waals surface area contributed by atoms with Gasteiger partial charge in [-0.2, -0.15) is 0 Å². The number of likely N-dealkylation sites (N-methyl/N-ethyl adjacent to an activating group) is 1. The van der Waals surface area contributed by atoms with Gasteiger partial charge in [0, 0.05) is 48.7 Å². The van der Waals surface area contributed by atoms with Crippen LogP contribution in [0.15, 0.2) is 71.7 Å². The lowest BCUT2D eigenvalue weighted by Gasteiger charge is -2.39. The third-order valence-corrected chi connectivity index (χ3v) is 6.79. The van der Waals surface area contributed by atoms with E-state index in [2.05, 4.69) is 42.5 Å². The topological polar surface area (TPSA) is 97.5 Å². The molecule has 204 valence electrons. The SMILES string of the molecule is Cc1cc(NC(=O)c2cccc(-c3c[nH]c(=O)c(NC4CN(C(=O)/C=C/CN(C)C)C4)c3)c2)ccc1C(C)C. The molecule has 0 bridgehead atoms. The van der Waals surface area contributed by atoms with Gasteiger partial charge in [-0.3, -0.25) is 14.4 Å². The fourth-order valence-electron chi connectivity index (χ4n) is 4.64. The lowest BCUT2D eigenvalue weighted by atomic mass is 9.97. The second kappa shape index (κ2) is 12.1. The zero-order valence-electron chi connectivity index (χ0n) is 23.2. The lowest BCUT2D eigenvalue weighted by Crippen LogP contribution is -2.57. The largest absolute Gasteiger partial charge is 0.374 e. The molecule has 3 aromatic rings. The van der Waals surface area contributed by atoms with Crippen molar-refractivity contribution in [2.24, 2.45) is 0 Å². The Hall–Kier alpha value is -4.17. The smallest absolute Gasteiger partial charge is 0.271 e. The first-order valence-corrected chi connectivity index (χ1v) is 13.2. The Balaban J connectivity index is 1.41. The molecular formula is C31H37N5O3. The third-order valence-electron chi connectivity index (χ3n) is 6.79. The average molecular weight is 528 g/mol. The number of carbonyl (C=O) groups is 2. The van der Waals surface area contributed by atoms with Crippen molar-refractivity contribution in [3.8, 4) is 11.1 Å². The second-order valence-electron chi connectivity index (χ2n) is 10.6. The zero-order chi connectivity index (χ0) is 28.1. The predicted molar refractivity (Wildman–Crippen MR) is 157 cm³/mol. The number of pyridine rings is 1. The van der Waals surface area contributed by atoms with E-state index in [0.29, 0.717) is 36.8 Å². The van der Waals surface area contributed by atoms with Crippen LogP contribution in [0.25, 0.3) is 11.1 Å². The number of aryl methyl sites for hydroxylation is 1. The summed E-state index contributed by atoms with van der Waals surface area (Å²) in [5.41, 5.74) is 5.47. The summed E-state index contributed by atoms with van der Waals surface area (Å²) in [7, 11) is 3.89. The number of aromatic nitrogens is 1. The van der Waals surface area contributed by atoms with Crippen molar-refractivity contribution >= 4 is 23.2 Å². The number of carbonyl (C=O) groups excluding carboxylic acids is 2. The van der Waals surface area contributed by atoms with Crippen molar-refractivity contribution in [3.63, 3.8) is 0 Å². The van der Waals surface area contributed by atoms with Crippen LogP contribution >= 0.6 is 0 Å². The predicted octanol–water partition coefficient (Wildman–Crippen LogP) is 4.47. The van der Waals surface area contributed by atoms with Gasteiger partial charge in [0.1, 0.15) is 5.69 Å². The van der Waals surface area contributed by atoms with Crippen molar-refractivity contribution in [1.82, 2.24) is 14.8 Å². The maximum atomic E-state index is 13.0. The molecule has 2 amide bonds. The van der Waals surface area contributed by atoms with Crippen LogP contribution in [0.4, 0.5) is 11.4 Å². The van der Waals surface area contributed by atoms with Gasteiger partial charge in [-0.1, -0.05) is 38.1 Å². The molecule has 39 heavy (non-hydrogen) atoms. The molecule has 0 saturated carbocycles. The van der Waals surface area contributed by atoms with E-state index in [0.717, 1.165) is 22.4 Å².